The number of pyridine rings is 1. The van der Waals surface area contributed by atoms with Gasteiger partial charge in [0.2, 0.25) is 5.88 Å². The second kappa shape index (κ2) is 5.82. The first-order valence-electron chi connectivity index (χ1n) is 5.51. The van der Waals surface area contributed by atoms with E-state index in [0.717, 1.165) is 18.2 Å². The van der Waals surface area contributed by atoms with Crippen molar-refractivity contribution in [1.82, 2.24) is 4.98 Å². The summed E-state index contributed by atoms with van der Waals surface area (Å²) in [5.74, 6) is -2.07. The Labute approximate surface area is 124 Å². The van der Waals surface area contributed by atoms with Gasteiger partial charge in [-0.2, -0.15) is 0 Å². The zero-order chi connectivity index (χ0) is 15.6. The fraction of sp³-hybridized carbons (Fsp3) is 0.0833. The maximum absolute atomic E-state index is 13.5. The van der Waals surface area contributed by atoms with E-state index in [2.05, 4.69) is 4.98 Å². The van der Waals surface area contributed by atoms with Gasteiger partial charge < -0.3 is 4.74 Å². The summed E-state index contributed by atoms with van der Waals surface area (Å²) in [6.07, 6.45) is 1.21. The van der Waals surface area contributed by atoms with Crippen molar-refractivity contribution < 1.29 is 21.9 Å². The van der Waals surface area contributed by atoms with Gasteiger partial charge in [-0.25, -0.2) is 22.2 Å². The molecule has 5 nitrogen and oxygen atoms in total. The molecule has 1 aromatic heterocycles. The molecule has 2 aromatic rings. The fourth-order valence-corrected chi connectivity index (χ4v) is 2.96. The number of methoxy groups -OCH3 is 1. The summed E-state index contributed by atoms with van der Waals surface area (Å²) in [5, 5.41) is 0.0655. The number of anilines is 1. The molecule has 2 rings (SSSR count). The van der Waals surface area contributed by atoms with E-state index in [9.17, 15) is 17.2 Å². The molecule has 1 N–H and O–H groups in total. The van der Waals surface area contributed by atoms with E-state index in [0.29, 0.717) is 6.07 Å². The van der Waals surface area contributed by atoms with E-state index in [4.69, 9.17) is 16.3 Å². The van der Waals surface area contributed by atoms with Crippen LogP contribution in [0.15, 0.2) is 35.4 Å². The van der Waals surface area contributed by atoms with Crippen molar-refractivity contribution in [3.8, 4) is 5.88 Å². The molecule has 0 saturated carbocycles. The molecule has 0 aliphatic heterocycles. The number of halogens is 3. The molecule has 0 bridgehead atoms. The van der Waals surface area contributed by atoms with Gasteiger partial charge in [0.1, 0.15) is 11.6 Å². The molecule has 112 valence electrons. The van der Waals surface area contributed by atoms with Gasteiger partial charge in [-0.15, -0.1) is 0 Å². The highest BCUT2D eigenvalue weighted by atomic mass is 35.5. The number of sulfonamides is 1. The van der Waals surface area contributed by atoms with Crippen molar-refractivity contribution in [3.05, 3.63) is 47.1 Å². The van der Waals surface area contributed by atoms with E-state index in [1.165, 1.54) is 13.3 Å². The van der Waals surface area contributed by atoms with Gasteiger partial charge in [-0.1, -0.05) is 11.6 Å². The summed E-state index contributed by atoms with van der Waals surface area (Å²) in [5.41, 5.74) is -0.404. The molecule has 21 heavy (non-hydrogen) atoms. The van der Waals surface area contributed by atoms with Gasteiger partial charge in [-0.3, -0.25) is 4.72 Å². The van der Waals surface area contributed by atoms with Gasteiger partial charge in [0.05, 0.1) is 17.8 Å². The summed E-state index contributed by atoms with van der Waals surface area (Å²) < 4.78 is 57.6. The highest BCUT2D eigenvalue weighted by Crippen LogP contribution is 2.27. The molecule has 0 fully saturated rings. The minimum atomic E-state index is -4.20. The number of nitrogens with zero attached hydrogens (tertiary/aromatic N) is 1. The van der Waals surface area contributed by atoms with Crippen LogP contribution in [0.2, 0.25) is 5.02 Å². The maximum atomic E-state index is 13.5. The lowest BCUT2D eigenvalue weighted by Gasteiger charge is -2.11. The number of aromatic nitrogens is 1. The van der Waals surface area contributed by atoms with Crippen LogP contribution in [0, 0.1) is 11.6 Å². The number of nitrogens with one attached hydrogen (secondary N) is 1. The lowest BCUT2D eigenvalue weighted by molar-refractivity contribution is 0.385. The van der Waals surface area contributed by atoms with Crippen LogP contribution in [0.4, 0.5) is 14.5 Å². The summed E-state index contributed by atoms with van der Waals surface area (Å²) in [4.78, 5) is 3.35. The Morgan fingerprint density at radius 2 is 2.00 bits per heavy atom. The van der Waals surface area contributed by atoms with Crippen LogP contribution >= 0.6 is 11.6 Å². The molecule has 0 radical (unpaired) electrons. The minimum Gasteiger partial charge on any atom is -0.480 e. The summed E-state index contributed by atoms with van der Waals surface area (Å²) in [6.45, 7) is 0. The van der Waals surface area contributed by atoms with Crippen LogP contribution in [-0.4, -0.2) is 20.5 Å². The Hall–Kier alpha value is -1.93. The monoisotopic (exact) mass is 334 g/mol. The van der Waals surface area contributed by atoms with Crippen LogP contribution in [0.3, 0.4) is 0 Å². The van der Waals surface area contributed by atoms with Crippen molar-refractivity contribution in [3.63, 3.8) is 0 Å². The van der Waals surface area contributed by atoms with Crippen molar-refractivity contribution in [1.29, 1.82) is 0 Å². The number of benzene rings is 1. The average Bonchev–Trinajstić information content (AvgIpc) is 2.42. The first kappa shape index (κ1) is 15.5. The standard InChI is InChI=1S/C12H9ClF2N2O3S/c1-20-12-11(4-7(13)6-16-12)21(18,19)17-10-3-2-8(14)5-9(10)15/h2-6,17H,1H3. The molecule has 1 aromatic carbocycles. The summed E-state index contributed by atoms with van der Waals surface area (Å²) >= 11 is 5.70. The minimum absolute atomic E-state index is 0.0655. The van der Waals surface area contributed by atoms with Crippen molar-refractivity contribution >= 4 is 27.3 Å². The Balaban J connectivity index is 2.45. The Bertz CT molecular complexity index is 784. The number of hydrogen-bond donors (Lipinski definition) is 1. The largest absolute Gasteiger partial charge is 0.480 e. The third-order valence-electron chi connectivity index (χ3n) is 2.44. The van der Waals surface area contributed by atoms with Crippen molar-refractivity contribution in [2.75, 3.05) is 11.8 Å². The van der Waals surface area contributed by atoms with Gasteiger partial charge in [0.25, 0.3) is 10.0 Å². The van der Waals surface area contributed by atoms with Crippen molar-refractivity contribution in [2.45, 2.75) is 4.90 Å². The first-order chi connectivity index (χ1) is 9.83. The van der Waals surface area contributed by atoms with Crippen LogP contribution in [0.25, 0.3) is 0 Å². The molecule has 9 heteroatoms. The summed E-state index contributed by atoms with van der Waals surface area (Å²) in [7, 11) is -2.97. The van der Waals surface area contributed by atoms with E-state index < -0.39 is 27.3 Å². The third kappa shape index (κ3) is 3.40. The molecule has 0 amide bonds. The highest BCUT2D eigenvalue weighted by Gasteiger charge is 2.22. The third-order valence-corrected chi connectivity index (χ3v) is 4.01. The molecule has 1 heterocycles. The molecular weight excluding hydrogens is 326 g/mol. The van der Waals surface area contributed by atoms with Crippen LogP contribution < -0.4 is 9.46 Å². The fourth-order valence-electron chi connectivity index (χ4n) is 1.53. The van der Waals surface area contributed by atoms with Crippen molar-refractivity contribution in [2.24, 2.45) is 0 Å². The second-order valence-electron chi connectivity index (χ2n) is 3.89. The van der Waals surface area contributed by atoms with Crippen LogP contribution in [0.1, 0.15) is 0 Å². The Morgan fingerprint density at radius 3 is 2.62 bits per heavy atom. The van der Waals surface area contributed by atoms with Gasteiger partial charge >= 0.3 is 0 Å². The lowest BCUT2D eigenvalue weighted by atomic mass is 10.3. The molecule has 0 spiro atoms. The topological polar surface area (TPSA) is 68.3 Å². The zero-order valence-corrected chi connectivity index (χ0v) is 12.2. The first-order valence-corrected chi connectivity index (χ1v) is 7.37. The summed E-state index contributed by atoms with van der Waals surface area (Å²) in [6, 6.07) is 3.56. The molecule has 0 saturated heterocycles. The predicted octanol–water partition coefficient (Wildman–Crippen LogP) is 2.82. The Morgan fingerprint density at radius 1 is 1.29 bits per heavy atom. The van der Waals surface area contributed by atoms with E-state index in [1.807, 2.05) is 4.72 Å². The number of hydrogen-bond acceptors (Lipinski definition) is 4. The normalized spacial score (nSPS) is 11.2. The molecule has 0 aliphatic rings. The molecule has 0 unspecified atom stereocenters. The van der Waals surface area contributed by atoms with Gasteiger partial charge in [-0.05, 0) is 18.2 Å². The predicted molar refractivity (Wildman–Crippen MR) is 73.0 cm³/mol. The van der Waals surface area contributed by atoms with E-state index >= 15 is 0 Å². The quantitative estimate of drug-likeness (QED) is 0.933. The zero-order valence-electron chi connectivity index (χ0n) is 10.6. The van der Waals surface area contributed by atoms with E-state index in [1.54, 1.807) is 0 Å². The average molecular weight is 335 g/mol. The number of ether oxygens (including phenoxy) is 1. The molecule has 0 aliphatic carbocycles. The van der Waals surface area contributed by atoms with Gasteiger partial charge in [0.15, 0.2) is 4.90 Å². The second-order valence-corrected chi connectivity index (χ2v) is 5.98. The molecular formula is C12H9ClF2N2O3S. The SMILES string of the molecule is COc1ncc(Cl)cc1S(=O)(=O)Nc1ccc(F)cc1F. The molecule has 0 atom stereocenters. The lowest BCUT2D eigenvalue weighted by Crippen LogP contribution is -2.15. The highest BCUT2D eigenvalue weighted by molar-refractivity contribution is 7.92. The maximum Gasteiger partial charge on any atom is 0.267 e. The van der Waals surface area contributed by atoms with Gasteiger partial charge in [0, 0.05) is 12.3 Å². The smallest absolute Gasteiger partial charge is 0.267 e. The number of rotatable bonds is 4. The van der Waals surface area contributed by atoms with E-state index in [-0.39, 0.29) is 15.8 Å². The van der Waals surface area contributed by atoms with Crippen LogP contribution in [-0.2, 0) is 10.0 Å². The Kier molecular flexibility index (Phi) is 4.29. The van der Waals surface area contributed by atoms with Crippen LogP contribution in [0.5, 0.6) is 5.88 Å².